The summed E-state index contributed by atoms with van der Waals surface area (Å²) < 4.78 is 10.5. The highest BCUT2D eigenvalue weighted by molar-refractivity contribution is 6.01. The van der Waals surface area contributed by atoms with E-state index in [1.54, 1.807) is 18.2 Å². The maximum Gasteiger partial charge on any atom is 0.325 e. The van der Waals surface area contributed by atoms with Crippen LogP contribution >= 0.6 is 0 Å². The number of piperazine rings is 1. The molecule has 2 aromatic rings. The van der Waals surface area contributed by atoms with Crippen molar-refractivity contribution in [3.63, 3.8) is 0 Å². The predicted molar refractivity (Wildman–Crippen MR) is 118 cm³/mol. The SMILES string of the molecule is Cc1ccccc1CC(=O)N1CCN(CC(=O)NC(=O)Nc2ccc3c(c2)OCO3)CC1. The third kappa shape index (κ3) is 5.36. The van der Waals surface area contributed by atoms with Gasteiger partial charge in [-0.1, -0.05) is 24.3 Å². The zero-order chi connectivity index (χ0) is 22.5. The molecule has 9 heteroatoms. The van der Waals surface area contributed by atoms with Gasteiger partial charge in [0.1, 0.15) is 0 Å². The number of benzene rings is 2. The number of carbonyl (C=O) groups excluding carboxylic acids is 3. The number of amides is 4. The van der Waals surface area contributed by atoms with Gasteiger partial charge in [-0.15, -0.1) is 0 Å². The first-order valence-electron chi connectivity index (χ1n) is 10.5. The zero-order valence-corrected chi connectivity index (χ0v) is 17.9. The Morgan fingerprint density at radius 2 is 1.72 bits per heavy atom. The molecule has 9 nitrogen and oxygen atoms in total. The summed E-state index contributed by atoms with van der Waals surface area (Å²) in [5, 5.41) is 4.94. The second kappa shape index (κ2) is 9.69. The summed E-state index contributed by atoms with van der Waals surface area (Å²) in [5.41, 5.74) is 2.64. The monoisotopic (exact) mass is 438 g/mol. The topological polar surface area (TPSA) is 100 Å². The number of carbonyl (C=O) groups is 3. The minimum absolute atomic E-state index is 0.0894. The van der Waals surface area contributed by atoms with Crippen LogP contribution in [0, 0.1) is 6.92 Å². The van der Waals surface area contributed by atoms with Gasteiger partial charge < -0.3 is 19.7 Å². The first-order valence-corrected chi connectivity index (χ1v) is 10.5. The quantitative estimate of drug-likeness (QED) is 0.738. The number of ether oxygens (including phenoxy) is 2. The molecular weight excluding hydrogens is 412 g/mol. The largest absolute Gasteiger partial charge is 0.454 e. The molecule has 0 aliphatic carbocycles. The molecule has 0 radical (unpaired) electrons. The number of aryl methyl sites for hydroxylation is 1. The number of urea groups is 1. The first-order chi connectivity index (χ1) is 15.5. The van der Waals surface area contributed by atoms with Crippen LogP contribution in [0.3, 0.4) is 0 Å². The summed E-state index contributed by atoms with van der Waals surface area (Å²) in [5.74, 6) is 0.849. The molecule has 0 atom stereocenters. The van der Waals surface area contributed by atoms with Gasteiger partial charge in [0.25, 0.3) is 0 Å². The standard InChI is InChI=1S/C23H26N4O5/c1-16-4-2-3-5-17(16)12-22(29)27-10-8-26(9-11-27)14-21(28)25-23(30)24-18-6-7-19-20(13-18)32-15-31-19/h2-7,13H,8-12,14-15H2,1H3,(H2,24,25,28,30). The number of anilines is 1. The number of hydrogen-bond donors (Lipinski definition) is 2. The molecule has 0 bridgehead atoms. The van der Waals surface area contributed by atoms with Crippen LogP contribution in [-0.2, 0) is 16.0 Å². The molecule has 1 fully saturated rings. The van der Waals surface area contributed by atoms with Gasteiger partial charge in [-0.2, -0.15) is 0 Å². The van der Waals surface area contributed by atoms with Crippen molar-refractivity contribution in [2.24, 2.45) is 0 Å². The maximum absolute atomic E-state index is 12.6. The molecule has 2 aromatic carbocycles. The summed E-state index contributed by atoms with van der Waals surface area (Å²) in [6, 6.07) is 12.3. The summed E-state index contributed by atoms with van der Waals surface area (Å²) >= 11 is 0. The van der Waals surface area contributed by atoms with Crippen LogP contribution < -0.4 is 20.1 Å². The molecule has 0 aromatic heterocycles. The molecule has 1 saturated heterocycles. The van der Waals surface area contributed by atoms with Crippen molar-refractivity contribution in [1.82, 2.24) is 15.1 Å². The van der Waals surface area contributed by atoms with Crippen LogP contribution in [0.5, 0.6) is 11.5 Å². The van der Waals surface area contributed by atoms with E-state index in [0.29, 0.717) is 49.8 Å². The Hall–Kier alpha value is -3.59. The molecule has 4 rings (SSSR count). The first kappa shape index (κ1) is 21.6. The van der Waals surface area contributed by atoms with E-state index in [1.165, 1.54) is 0 Å². The maximum atomic E-state index is 12.6. The summed E-state index contributed by atoms with van der Waals surface area (Å²) in [4.78, 5) is 40.7. The lowest BCUT2D eigenvalue weighted by Crippen LogP contribution is -2.52. The van der Waals surface area contributed by atoms with Crippen LogP contribution in [0.15, 0.2) is 42.5 Å². The van der Waals surface area contributed by atoms with Gasteiger partial charge in [0.2, 0.25) is 18.6 Å². The van der Waals surface area contributed by atoms with Gasteiger partial charge in [0.05, 0.1) is 13.0 Å². The van der Waals surface area contributed by atoms with Crippen molar-refractivity contribution in [1.29, 1.82) is 0 Å². The van der Waals surface area contributed by atoms with Crippen molar-refractivity contribution >= 4 is 23.5 Å². The second-order valence-corrected chi connectivity index (χ2v) is 7.83. The highest BCUT2D eigenvalue weighted by Crippen LogP contribution is 2.34. The lowest BCUT2D eigenvalue weighted by molar-refractivity contribution is -0.132. The molecule has 0 saturated carbocycles. The molecule has 168 valence electrons. The van der Waals surface area contributed by atoms with Crippen LogP contribution in [0.2, 0.25) is 0 Å². The average Bonchev–Trinajstić information content (AvgIpc) is 3.23. The fraction of sp³-hybridized carbons (Fsp3) is 0.348. The fourth-order valence-corrected chi connectivity index (χ4v) is 3.74. The number of fused-ring (bicyclic) bond motifs is 1. The number of hydrogen-bond acceptors (Lipinski definition) is 6. The van der Waals surface area contributed by atoms with Crippen molar-refractivity contribution in [3.05, 3.63) is 53.6 Å². The summed E-state index contributed by atoms with van der Waals surface area (Å²) in [6.45, 7) is 4.51. The molecule has 4 amide bonds. The molecule has 2 aliphatic heterocycles. The Kier molecular flexibility index (Phi) is 6.55. The normalized spacial score (nSPS) is 15.3. The van der Waals surface area contributed by atoms with E-state index in [4.69, 9.17) is 9.47 Å². The molecule has 2 N–H and O–H groups in total. The number of nitrogens with zero attached hydrogens (tertiary/aromatic N) is 2. The van der Waals surface area contributed by atoms with E-state index in [1.807, 2.05) is 41.0 Å². The molecule has 2 heterocycles. The smallest absolute Gasteiger partial charge is 0.325 e. The summed E-state index contributed by atoms with van der Waals surface area (Å²) in [7, 11) is 0. The molecule has 0 unspecified atom stereocenters. The van der Waals surface area contributed by atoms with E-state index >= 15 is 0 Å². The van der Waals surface area contributed by atoms with Gasteiger partial charge in [0, 0.05) is 37.9 Å². The van der Waals surface area contributed by atoms with E-state index in [9.17, 15) is 14.4 Å². The van der Waals surface area contributed by atoms with E-state index in [0.717, 1.165) is 11.1 Å². The minimum atomic E-state index is -0.610. The molecule has 2 aliphatic rings. The Balaban J connectivity index is 1.19. The zero-order valence-electron chi connectivity index (χ0n) is 17.9. The molecule has 32 heavy (non-hydrogen) atoms. The van der Waals surface area contributed by atoms with Gasteiger partial charge in [0.15, 0.2) is 11.5 Å². The Bertz CT molecular complexity index is 1020. The van der Waals surface area contributed by atoms with E-state index < -0.39 is 11.9 Å². The van der Waals surface area contributed by atoms with Gasteiger partial charge in [-0.25, -0.2) is 4.79 Å². The van der Waals surface area contributed by atoms with Gasteiger partial charge in [-0.05, 0) is 30.2 Å². The van der Waals surface area contributed by atoms with Gasteiger partial charge in [-0.3, -0.25) is 19.8 Å². The van der Waals surface area contributed by atoms with Crippen molar-refractivity contribution in [2.45, 2.75) is 13.3 Å². The van der Waals surface area contributed by atoms with Crippen LogP contribution in [-0.4, -0.2) is 67.2 Å². The lowest BCUT2D eigenvalue weighted by Gasteiger charge is -2.34. The lowest BCUT2D eigenvalue weighted by atomic mass is 10.1. The van der Waals surface area contributed by atoms with Crippen LogP contribution in [0.1, 0.15) is 11.1 Å². The Morgan fingerprint density at radius 1 is 0.969 bits per heavy atom. The van der Waals surface area contributed by atoms with E-state index in [-0.39, 0.29) is 19.2 Å². The number of nitrogens with one attached hydrogen (secondary N) is 2. The van der Waals surface area contributed by atoms with Crippen molar-refractivity contribution < 1.29 is 23.9 Å². The Morgan fingerprint density at radius 3 is 2.50 bits per heavy atom. The average molecular weight is 438 g/mol. The minimum Gasteiger partial charge on any atom is -0.454 e. The van der Waals surface area contributed by atoms with Crippen molar-refractivity contribution in [2.75, 3.05) is 44.8 Å². The molecule has 0 spiro atoms. The highest BCUT2D eigenvalue weighted by Gasteiger charge is 2.23. The fourth-order valence-electron chi connectivity index (χ4n) is 3.74. The number of rotatable bonds is 5. The second-order valence-electron chi connectivity index (χ2n) is 7.83. The van der Waals surface area contributed by atoms with Gasteiger partial charge >= 0.3 is 6.03 Å². The third-order valence-electron chi connectivity index (χ3n) is 5.58. The van der Waals surface area contributed by atoms with Crippen molar-refractivity contribution in [3.8, 4) is 11.5 Å². The highest BCUT2D eigenvalue weighted by atomic mass is 16.7. The predicted octanol–water partition coefficient (Wildman–Crippen LogP) is 1.76. The van der Waals surface area contributed by atoms with Crippen LogP contribution in [0.25, 0.3) is 0 Å². The molecular formula is C23H26N4O5. The Labute approximate surface area is 186 Å². The number of imide groups is 1. The van der Waals surface area contributed by atoms with Crippen LogP contribution in [0.4, 0.5) is 10.5 Å². The van der Waals surface area contributed by atoms with E-state index in [2.05, 4.69) is 10.6 Å². The third-order valence-corrected chi connectivity index (χ3v) is 5.58. The summed E-state index contributed by atoms with van der Waals surface area (Å²) in [6.07, 6.45) is 0.382.